The molecule has 0 aromatic rings. The quantitative estimate of drug-likeness (QED) is 0.486. The van der Waals surface area contributed by atoms with E-state index in [0.29, 0.717) is 12.0 Å². The third-order valence-corrected chi connectivity index (χ3v) is 8.23. The second-order valence-corrected chi connectivity index (χ2v) is 9.77. The zero-order valence-electron chi connectivity index (χ0n) is 17.1. The van der Waals surface area contributed by atoms with Crippen molar-refractivity contribution in [1.82, 2.24) is 0 Å². The number of aliphatic hydroxyl groups excluding tert-OH is 2. The molecule has 154 valence electrons. The van der Waals surface area contributed by atoms with E-state index in [1.807, 2.05) is 26.0 Å². The fraction of sp³-hybridized carbons (Fsp3) is 0.727. The molecule has 6 heteroatoms. The molecule has 3 N–H and O–H groups in total. The molecule has 0 saturated heterocycles. The van der Waals surface area contributed by atoms with E-state index < -0.39 is 52.4 Å². The van der Waals surface area contributed by atoms with Gasteiger partial charge in [-0.3, -0.25) is 9.59 Å². The predicted octanol–water partition coefficient (Wildman–Crippen LogP) is 1.39. The minimum atomic E-state index is -1.36. The third kappa shape index (κ3) is 2.09. The summed E-state index contributed by atoms with van der Waals surface area (Å²) >= 11 is 0. The summed E-state index contributed by atoms with van der Waals surface area (Å²) in [5.41, 5.74) is -1.64. The first-order valence-electron chi connectivity index (χ1n) is 10.1. The smallest absolute Gasteiger partial charge is 0.303 e. The molecule has 4 aliphatic carbocycles. The second-order valence-electron chi connectivity index (χ2n) is 9.77. The van der Waals surface area contributed by atoms with E-state index in [2.05, 4.69) is 0 Å². The normalized spacial score (nSPS) is 48.5. The molecule has 28 heavy (non-hydrogen) atoms. The van der Waals surface area contributed by atoms with Gasteiger partial charge in [-0.15, -0.1) is 0 Å². The van der Waals surface area contributed by atoms with Crippen LogP contribution in [0.3, 0.4) is 0 Å². The molecule has 0 heterocycles. The van der Waals surface area contributed by atoms with Crippen LogP contribution in [0.25, 0.3) is 0 Å². The fourth-order valence-electron chi connectivity index (χ4n) is 6.84. The number of carbonyl (C=O) groups excluding carboxylic acids is 2. The van der Waals surface area contributed by atoms with Gasteiger partial charge < -0.3 is 20.1 Å². The van der Waals surface area contributed by atoms with Gasteiger partial charge in [0.2, 0.25) is 0 Å². The van der Waals surface area contributed by atoms with Gasteiger partial charge in [-0.25, -0.2) is 0 Å². The number of hydrogen-bond donors (Lipinski definition) is 3. The van der Waals surface area contributed by atoms with Crippen molar-refractivity contribution in [2.24, 2.45) is 35.0 Å². The van der Waals surface area contributed by atoms with Crippen molar-refractivity contribution in [3.63, 3.8) is 0 Å². The first-order valence-corrected chi connectivity index (χ1v) is 10.1. The minimum Gasteiger partial charge on any atom is -0.456 e. The summed E-state index contributed by atoms with van der Waals surface area (Å²) in [6.07, 6.45) is 3.07. The zero-order chi connectivity index (χ0) is 20.8. The van der Waals surface area contributed by atoms with Crippen LogP contribution in [-0.2, 0) is 14.3 Å². The van der Waals surface area contributed by atoms with Crippen LogP contribution in [0.2, 0.25) is 0 Å². The minimum absolute atomic E-state index is 0.00741. The average Bonchev–Trinajstić information content (AvgIpc) is 3.01. The van der Waals surface area contributed by atoms with E-state index >= 15 is 0 Å². The molecule has 2 fully saturated rings. The highest BCUT2D eigenvalue weighted by atomic mass is 16.6. The molecule has 2 saturated carbocycles. The van der Waals surface area contributed by atoms with Crippen LogP contribution < -0.4 is 0 Å². The highest BCUT2D eigenvalue weighted by Crippen LogP contribution is 2.76. The Morgan fingerprint density at radius 2 is 1.93 bits per heavy atom. The molecule has 4 rings (SSSR count). The molecule has 8 atom stereocenters. The second kappa shape index (κ2) is 5.77. The molecule has 0 spiro atoms. The molecule has 0 bridgehead atoms. The van der Waals surface area contributed by atoms with Crippen molar-refractivity contribution >= 4 is 11.8 Å². The first-order chi connectivity index (χ1) is 12.9. The molecule has 0 amide bonds. The molecule has 0 aromatic carbocycles. The molecule has 0 aliphatic heterocycles. The van der Waals surface area contributed by atoms with Gasteiger partial charge in [-0.1, -0.05) is 32.9 Å². The van der Waals surface area contributed by atoms with Gasteiger partial charge in [0, 0.05) is 41.9 Å². The van der Waals surface area contributed by atoms with Crippen LogP contribution in [-0.4, -0.2) is 51.0 Å². The van der Waals surface area contributed by atoms with Crippen molar-refractivity contribution < 1.29 is 29.6 Å². The number of carbonyl (C=O) groups is 2. The topological polar surface area (TPSA) is 104 Å². The number of esters is 1. The Bertz CT molecular complexity index is 810. The van der Waals surface area contributed by atoms with Crippen LogP contribution in [0.1, 0.15) is 41.0 Å². The monoisotopic (exact) mass is 390 g/mol. The van der Waals surface area contributed by atoms with Crippen molar-refractivity contribution in [3.05, 3.63) is 23.3 Å². The Labute approximate surface area is 165 Å². The van der Waals surface area contributed by atoms with Crippen LogP contribution in [0.15, 0.2) is 23.3 Å². The first kappa shape index (κ1) is 19.8. The average molecular weight is 390 g/mol. The van der Waals surface area contributed by atoms with Gasteiger partial charge >= 0.3 is 5.97 Å². The summed E-state index contributed by atoms with van der Waals surface area (Å²) < 4.78 is 5.73. The molecular formula is C22H30O6. The van der Waals surface area contributed by atoms with Gasteiger partial charge in [-0.05, 0) is 24.5 Å². The van der Waals surface area contributed by atoms with E-state index in [-0.39, 0.29) is 18.3 Å². The van der Waals surface area contributed by atoms with Gasteiger partial charge in [0.05, 0.1) is 18.3 Å². The number of hydrogen-bond acceptors (Lipinski definition) is 6. The summed E-state index contributed by atoms with van der Waals surface area (Å²) in [6, 6.07) is 0. The molecule has 0 radical (unpaired) electrons. The number of Topliss-reactive ketones (excluding diaryl/α,β-unsaturated/α-hetero) is 1. The number of aliphatic hydroxyl groups is 3. The Kier molecular flexibility index (Phi) is 4.08. The lowest BCUT2D eigenvalue weighted by Crippen LogP contribution is -2.62. The SMILES string of the molecule is CC(=O)O[C@]12[C@H](O)[C@H](C)[C@]3(O)[C@@H]4C=C(C)C(=O)[C@@H]4CC(CO)=C[C@H]3[C@H]1C2(C)C. The van der Waals surface area contributed by atoms with Crippen LogP contribution >= 0.6 is 0 Å². The van der Waals surface area contributed by atoms with Gasteiger partial charge in [0.1, 0.15) is 5.60 Å². The van der Waals surface area contributed by atoms with E-state index in [1.54, 1.807) is 13.8 Å². The lowest BCUT2D eigenvalue weighted by Gasteiger charge is -2.51. The lowest BCUT2D eigenvalue weighted by molar-refractivity contribution is -0.207. The predicted molar refractivity (Wildman–Crippen MR) is 101 cm³/mol. The highest BCUT2D eigenvalue weighted by molar-refractivity contribution is 5.99. The van der Waals surface area contributed by atoms with Crippen LogP contribution in [0, 0.1) is 35.0 Å². The van der Waals surface area contributed by atoms with E-state index in [9.17, 15) is 24.9 Å². The molecular weight excluding hydrogens is 360 g/mol. The van der Waals surface area contributed by atoms with Crippen molar-refractivity contribution in [2.75, 3.05) is 6.61 Å². The van der Waals surface area contributed by atoms with E-state index in [4.69, 9.17) is 4.74 Å². The molecule has 0 aromatic heterocycles. The zero-order valence-corrected chi connectivity index (χ0v) is 17.1. The van der Waals surface area contributed by atoms with Gasteiger partial charge in [0.15, 0.2) is 5.78 Å². The summed E-state index contributed by atoms with van der Waals surface area (Å²) in [4.78, 5) is 24.6. The number of allylic oxidation sites excluding steroid dienone is 1. The molecule has 6 nitrogen and oxygen atoms in total. The third-order valence-electron chi connectivity index (χ3n) is 8.23. The summed E-state index contributed by atoms with van der Waals surface area (Å²) in [5, 5.41) is 33.3. The summed E-state index contributed by atoms with van der Waals surface area (Å²) in [7, 11) is 0. The van der Waals surface area contributed by atoms with Gasteiger partial charge in [-0.2, -0.15) is 0 Å². The molecule has 0 unspecified atom stereocenters. The van der Waals surface area contributed by atoms with Gasteiger partial charge in [0.25, 0.3) is 0 Å². The number of rotatable bonds is 2. The summed E-state index contributed by atoms with van der Waals surface area (Å²) in [5.74, 6) is -2.71. The molecule has 4 aliphatic rings. The van der Waals surface area contributed by atoms with Crippen molar-refractivity contribution in [1.29, 1.82) is 0 Å². The Morgan fingerprint density at radius 3 is 2.50 bits per heavy atom. The van der Waals surface area contributed by atoms with E-state index in [0.717, 1.165) is 5.57 Å². The maximum atomic E-state index is 12.8. The largest absolute Gasteiger partial charge is 0.456 e. The van der Waals surface area contributed by atoms with Crippen molar-refractivity contribution in [3.8, 4) is 0 Å². The van der Waals surface area contributed by atoms with Crippen molar-refractivity contribution in [2.45, 2.75) is 58.3 Å². The van der Waals surface area contributed by atoms with Crippen LogP contribution in [0.5, 0.6) is 0 Å². The number of ether oxygens (including phenoxy) is 1. The standard InChI is InChI=1S/C22H30O6/c1-10-6-15-14(17(10)25)7-13(9-23)8-16-18-20(4,5)22(18,28-12(3)24)19(26)11(2)21(15,16)27/h6,8,11,14-16,18-19,23,26-27H,7,9H2,1-5H3/t11-,14+,15+,16-,18-,19+,21-,22-/m0/s1. The fourth-order valence-corrected chi connectivity index (χ4v) is 6.84. The maximum absolute atomic E-state index is 12.8. The lowest BCUT2D eigenvalue weighted by atomic mass is 9.60. The number of fused-ring (bicyclic) bond motifs is 5. The maximum Gasteiger partial charge on any atom is 0.303 e. The Balaban J connectivity index is 1.90. The Hall–Kier alpha value is -1.50. The van der Waals surface area contributed by atoms with Crippen LogP contribution in [0.4, 0.5) is 0 Å². The van der Waals surface area contributed by atoms with E-state index in [1.165, 1.54) is 6.92 Å². The summed E-state index contributed by atoms with van der Waals surface area (Å²) in [6.45, 7) is 8.56. The highest BCUT2D eigenvalue weighted by Gasteiger charge is 2.86. The Morgan fingerprint density at radius 1 is 1.29 bits per heavy atom. The number of ketones is 1.